The van der Waals surface area contributed by atoms with Crippen molar-refractivity contribution >= 4 is 0 Å². The van der Waals surface area contributed by atoms with Crippen molar-refractivity contribution in [2.45, 2.75) is 18.8 Å². The van der Waals surface area contributed by atoms with Crippen LogP contribution in [0.2, 0.25) is 0 Å². The van der Waals surface area contributed by atoms with Gasteiger partial charge in [-0.1, -0.05) is 0 Å². The van der Waals surface area contributed by atoms with E-state index in [1.165, 1.54) is 21.3 Å². The Morgan fingerprint density at radius 3 is 2.00 bits per heavy atom. The van der Waals surface area contributed by atoms with Gasteiger partial charge < -0.3 is 14.2 Å². The first-order valence-electron chi connectivity index (χ1n) is 3.26. The highest BCUT2D eigenvalue weighted by Crippen LogP contribution is 2.04. The molecule has 0 fully saturated rings. The zero-order valence-corrected chi connectivity index (χ0v) is 7.03. The fourth-order valence-electron chi connectivity index (χ4n) is 0.665. The van der Waals surface area contributed by atoms with Crippen molar-refractivity contribution in [1.29, 1.82) is 5.26 Å². The lowest BCUT2D eigenvalue weighted by molar-refractivity contribution is -0.120. The first kappa shape index (κ1) is 10.4. The number of ether oxygens (including phenoxy) is 3. The Bertz CT molecular complexity index is 128. The van der Waals surface area contributed by atoms with Gasteiger partial charge >= 0.3 is 0 Å². The Labute approximate surface area is 66.7 Å². The van der Waals surface area contributed by atoms with Crippen molar-refractivity contribution in [1.82, 2.24) is 0 Å². The Hall–Kier alpha value is -0.630. The molecule has 0 heterocycles. The molecule has 0 aromatic carbocycles. The molecule has 0 bridgehead atoms. The Balaban J connectivity index is 3.70. The van der Waals surface area contributed by atoms with Gasteiger partial charge in [0.25, 0.3) is 0 Å². The summed E-state index contributed by atoms with van der Waals surface area (Å²) < 4.78 is 14.6. The van der Waals surface area contributed by atoms with E-state index in [9.17, 15) is 0 Å². The standard InChI is InChI=1S/C7H13NO3/c1-9-6(5-8)4-7(10-2)11-3/h6-7H,4H2,1-3H3. The SMILES string of the molecule is COC(C#N)CC(OC)OC. The maximum atomic E-state index is 8.48. The van der Waals surface area contributed by atoms with E-state index >= 15 is 0 Å². The lowest BCUT2D eigenvalue weighted by atomic mass is 10.3. The molecule has 64 valence electrons. The van der Waals surface area contributed by atoms with Crippen LogP contribution < -0.4 is 0 Å². The first-order valence-corrected chi connectivity index (χ1v) is 3.26. The predicted octanol–water partition coefficient (Wildman–Crippen LogP) is 0.534. The zero-order chi connectivity index (χ0) is 8.69. The van der Waals surface area contributed by atoms with Gasteiger partial charge in [0.1, 0.15) is 6.10 Å². The molecule has 0 radical (unpaired) electrons. The molecule has 0 saturated carbocycles. The predicted molar refractivity (Wildman–Crippen MR) is 38.8 cm³/mol. The third-order valence-electron chi connectivity index (χ3n) is 1.36. The van der Waals surface area contributed by atoms with Crippen LogP contribution in [0.1, 0.15) is 6.42 Å². The molecule has 1 atom stereocenters. The molecule has 0 amide bonds. The molecular formula is C7H13NO3. The van der Waals surface area contributed by atoms with Gasteiger partial charge in [0, 0.05) is 27.8 Å². The molecule has 0 aromatic rings. The van der Waals surface area contributed by atoms with Crippen molar-refractivity contribution in [2.75, 3.05) is 21.3 Å². The van der Waals surface area contributed by atoms with Crippen LogP contribution in [0.3, 0.4) is 0 Å². The van der Waals surface area contributed by atoms with Gasteiger partial charge in [-0.15, -0.1) is 0 Å². The van der Waals surface area contributed by atoms with Crippen molar-refractivity contribution in [2.24, 2.45) is 0 Å². The van der Waals surface area contributed by atoms with Gasteiger partial charge in [0.2, 0.25) is 0 Å². The minimum absolute atomic E-state index is 0.361. The summed E-state index contributed by atoms with van der Waals surface area (Å²) in [5.74, 6) is 0. The second-order valence-electron chi connectivity index (χ2n) is 1.99. The number of nitrogens with zero attached hydrogens (tertiary/aromatic N) is 1. The minimum Gasteiger partial charge on any atom is -0.366 e. The summed E-state index contributed by atoms with van der Waals surface area (Å²) in [6.07, 6.45) is -0.389. The molecule has 0 aromatic heterocycles. The van der Waals surface area contributed by atoms with Crippen molar-refractivity contribution < 1.29 is 14.2 Å². The van der Waals surface area contributed by atoms with Crippen LogP contribution in [-0.4, -0.2) is 33.7 Å². The minimum atomic E-state index is -0.458. The number of hydrogen-bond acceptors (Lipinski definition) is 4. The average Bonchev–Trinajstić information content (AvgIpc) is 2.07. The van der Waals surface area contributed by atoms with Crippen LogP contribution in [0.4, 0.5) is 0 Å². The molecule has 0 spiro atoms. The maximum Gasteiger partial charge on any atom is 0.160 e. The molecule has 4 heteroatoms. The van der Waals surface area contributed by atoms with E-state index in [1.807, 2.05) is 6.07 Å². The summed E-state index contributed by atoms with van der Waals surface area (Å²) in [7, 11) is 4.53. The van der Waals surface area contributed by atoms with Crippen LogP contribution in [0.5, 0.6) is 0 Å². The largest absolute Gasteiger partial charge is 0.366 e. The van der Waals surface area contributed by atoms with Gasteiger partial charge in [0.15, 0.2) is 6.29 Å². The van der Waals surface area contributed by atoms with Crippen LogP contribution >= 0.6 is 0 Å². The number of nitriles is 1. The average molecular weight is 159 g/mol. The monoisotopic (exact) mass is 159 g/mol. The van der Waals surface area contributed by atoms with Crippen LogP contribution in [0, 0.1) is 11.3 Å². The molecule has 0 rings (SSSR count). The number of hydrogen-bond donors (Lipinski definition) is 0. The molecule has 4 nitrogen and oxygen atoms in total. The van der Waals surface area contributed by atoms with Crippen molar-refractivity contribution in [3.8, 4) is 6.07 Å². The number of methoxy groups -OCH3 is 3. The molecule has 0 aliphatic heterocycles. The normalized spacial score (nSPS) is 13.0. The quantitative estimate of drug-likeness (QED) is 0.549. The summed E-state index contributed by atoms with van der Waals surface area (Å²) >= 11 is 0. The topological polar surface area (TPSA) is 51.5 Å². The van der Waals surface area contributed by atoms with Gasteiger partial charge in [-0.3, -0.25) is 0 Å². The van der Waals surface area contributed by atoms with Gasteiger partial charge in [0.05, 0.1) is 6.07 Å². The Kier molecular flexibility index (Phi) is 5.75. The Morgan fingerprint density at radius 1 is 1.18 bits per heavy atom. The van der Waals surface area contributed by atoms with Gasteiger partial charge in [-0.05, 0) is 0 Å². The molecule has 0 N–H and O–H groups in total. The molecule has 0 aliphatic rings. The fourth-order valence-corrected chi connectivity index (χ4v) is 0.665. The van der Waals surface area contributed by atoms with E-state index in [-0.39, 0.29) is 6.29 Å². The summed E-state index contributed by atoms with van der Waals surface area (Å²) in [6, 6.07) is 1.97. The fraction of sp³-hybridized carbons (Fsp3) is 0.857. The maximum absolute atomic E-state index is 8.48. The first-order chi connectivity index (χ1) is 5.28. The van der Waals surface area contributed by atoms with Crippen LogP contribution in [0.15, 0.2) is 0 Å². The third-order valence-corrected chi connectivity index (χ3v) is 1.36. The van der Waals surface area contributed by atoms with Crippen molar-refractivity contribution in [3.63, 3.8) is 0 Å². The van der Waals surface area contributed by atoms with E-state index in [2.05, 4.69) is 0 Å². The van der Waals surface area contributed by atoms with E-state index in [1.54, 1.807) is 0 Å². The summed E-state index contributed by atoms with van der Waals surface area (Å²) in [5.41, 5.74) is 0. The van der Waals surface area contributed by atoms with E-state index in [4.69, 9.17) is 19.5 Å². The summed E-state index contributed by atoms with van der Waals surface area (Å²) in [5, 5.41) is 8.48. The number of rotatable bonds is 5. The second-order valence-corrected chi connectivity index (χ2v) is 1.99. The van der Waals surface area contributed by atoms with E-state index in [0.29, 0.717) is 6.42 Å². The molecule has 11 heavy (non-hydrogen) atoms. The molecule has 0 aliphatic carbocycles. The van der Waals surface area contributed by atoms with Gasteiger partial charge in [-0.2, -0.15) is 5.26 Å². The lowest BCUT2D eigenvalue weighted by Crippen LogP contribution is -2.21. The summed E-state index contributed by atoms with van der Waals surface area (Å²) in [6.45, 7) is 0. The van der Waals surface area contributed by atoms with E-state index < -0.39 is 6.10 Å². The van der Waals surface area contributed by atoms with E-state index in [0.717, 1.165) is 0 Å². The summed E-state index contributed by atoms with van der Waals surface area (Å²) in [4.78, 5) is 0. The third kappa shape index (κ3) is 3.94. The van der Waals surface area contributed by atoms with Crippen LogP contribution in [-0.2, 0) is 14.2 Å². The zero-order valence-electron chi connectivity index (χ0n) is 7.03. The smallest absolute Gasteiger partial charge is 0.160 e. The van der Waals surface area contributed by atoms with Crippen LogP contribution in [0.25, 0.3) is 0 Å². The Morgan fingerprint density at radius 2 is 1.73 bits per heavy atom. The highest BCUT2D eigenvalue weighted by molar-refractivity contribution is 4.84. The molecule has 0 saturated heterocycles. The van der Waals surface area contributed by atoms with Crippen molar-refractivity contribution in [3.05, 3.63) is 0 Å². The lowest BCUT2D eigenvalue weighted by Gasteiger charge is -2.15. The highest BCUT2D eigenvalue weighted by Gasteiger charge is 2.13. The van der Waals surface area contributed by atoms with Gasteiger partial charge in [-0.25, -0.2) is 0 Å². The highest BCUT2D eigenvalue weighted by atomic mass is 16.7. The molecular weight excluding hydrogens is 146 g/mol. The molecule has 1 unspecified atom stereocenters. The second kappa shape index (κ2) is 6.10.